The van der Waals surface area contributed by atoms with Gasteiger partial charge in [0.2, 0.25) is 0 Å². The number of carbonyl (C=O) groups is 1. The van der Waals surface area contributed by atoms with Crippen molar-refractivity contribution in [2.75, 3.05) is 0 Å². The molecule has 0 saturated heterocycles. The Bertz CT molecular complexity index is 649. The van der Waals surface area contributed by atoms with Crippen molar-refractivity contribution in [3.8, 4) is 0 Å². The fourth-order valence-electron chi connectivity index (χ4n) is 3.38. The van der Waals surface area contributed by atoms with Crippen LogP contribution in [0.1, 0.15) is 33.1 Å². The summed E-state index contributed by atoms with van der Waals surface area (Å²) < 4.78 is 0. The summed E-state index contributed by atoms with van der Waals surface area (Å²) in [7, 11) is -3.02. The Hall–Kier alpha value is -1.95. The summed E-state index contributed by atoms with van der Waals surface area (Å²) in [6.07, 6.45) is 1.78. The Morgan fingerprint density at radius 1 is 1.04 bits per heavy atom. The predicted molar refractivity (Wildman–Crippen MR) is 104 cm³/mol. The highest BCUT2D eigenvalue weighted by Gasteiger charge is 2.49. The molecule has 0 bridgehead atoms. The van der Waals surface area contributed by atoms with E-state index in [0.29, 0.717) is 19.3 Å². The summed E-state index contributed by atoms with van der Waals surface area (Å²) >= 11 is 0. The molecule has 2 aromatic carbocycles. The van der Waals surface area contributed by atoms with E-state index in [-0.39, 0.29) is 5.04 Å². The van der Waals surface area contributed by atoms with Gasteiger partial charge >= 0.3 is 5.97 Å². The lowest BCUT2D eigenvalue weighted by molar-refractivity contribution is -0.138. The monoisotopic (exact) mass is 357 g/mol. The number of hydrogen-bond donors (Lipinski definition) is 3. The van der Waals surface area contributed by atoms with Gasteiger partial charge in [-0.25, -0.2) is 0 Å². The minimum Gasteiger partial charge on any atom is -0.480 e. The third-order valence-electron chi connectivity index (χ3n) is 5.00. The molecule has 0 unspecified atom stereocenters. The van der Waals surface area contributed by atoms with Crippen LogP contribution in [0.4, 0.5) is 0 Å². The number of benzene rings is 2. The van der Waals surface area contributed by atoms with Gasteiger partial charge in [-0.3, -0.25) is 4.79 Å². The van der Waals surface area contributed by atoms with Crippen LogP contribution in [0, 0.1) is 0 Å². The molecule has 0 fully saturated rings. The van der Waals surface area contributed by atoms with Gasteiger partial charge in [0.1, 0.15) is 6.04 Å². The average molecular weight is 358 g/mol. The Labute approximate surface area is 150 Å². The molecular formula is C20H27NO3Si. The van der Waals surface area contributed by atoms with E-state index in [0.717, 1.165) is 10.4 Å². The van der Waals surface area contributed by atoms with E-state index >= 15 is 0 Å². The molecule has 4 nitrogen and oxygen atoms in total. The first-order chi connectivity index (χ1) is 11.8. The Balaban J connectivity index is 2.33. The normalized spacial score (nSPS) is 13.4. The van der Waals surface area contributed by atoms with Crippen molar-refractivity contribution < 1.29 is 14.7 Å². The van der Waals surface area contributed by atoms with Gasteiger partial charge in [-0.05, 0) is 28.3 Å². The minimum atomic E-state index is -3.02. The maximum atomic E-state index is 11.9. The number of rotatable bonds is 8. The summed E-state index contributed by atoms with van der Waals surface area (Å²) in [4.78, 5) is 22.9. The molecule has 0 heterocycles. The third kappa shape index (κ3) is 4.18. The summed E-state index contributed by atoms with van der Waals surface area (Å²) in [5.41, 5.74) is 5.63. The molecule has 2 aromatic rings. The van der Waals surface area contributed by atoms with Crippen LogP contribution in [-0.2, 0) is 4.79 Å². The van der Waals surface area contributed by atoms with Crippen LogP contribution in [0.5, 0.6) is 0 Å². The SMILES string of the molecule is CC(C)(CCC[C@H](N)C(=O)O)[Si](O)(c1ccccc1)c1ccccc1. The average Bonchev–Trinajstić information content (AvgIpc) is 2.62. The minimum absolute atomic E-state index is 0.367. The molecule has 5 heteroatoms. The van der Waals surface area contributed by atoms with E-state index in [1.54, 1.807) is 0 Å². The van der Waals surface area contributed by atoms with E-state index in [4.69, 9.17) is 10.8 Å². The van der Waals surface area contributed by atoms with Gasteiger partial charge in [0, 0.05) is 0 Å². The molecule has 0 aromatic heterocycles. The third-order valence-corrected chi connectivity index (χ3v) is 9.54. The Morgan fingerprint density at radius 3 is 1.88 bits per heavy atom. The van der Waals surface area contributed by atoms with Gasteiger partial charge in [-0.2, -0.15) is 0 Å². The Morgan fingerprint density at radius 2 is 1.48 bits per heavy atom. The first-order valence-corrected chi connectivity index (χ1v) is 10.6. The van der Waals surface area contributed by atoms with E-state index in [1.165, 1.54) is 0 Å². The van der Waals surface area contributed by atoms with E-state index in [9.17, 15) is 9.59 Å². The van der Waals surface area contributed by atoms with Crippen molar-refractivity contribution in [2.24, 2.45) is 5.73 Å². The highest BCUT2D eigenvalue weighted by Crippen LogP contribution is 2.40. The fourth-order valence-corrected chi connectivity index (χ4v) is 7.16. The lowest BCUT2D eigenvalue weighted by Gasteiger charge is -2.41. The standard InChI is InChI=1S/C20H27NO3Si/c1-20(2,15-9-14-18(21)19(22)23)25(24,16-10-5-3-6-11-16)17-12-7-4-8-13-17/h3-8,10-13,18,24H,9,14-15,21H2,1-2H3,(H,22,23)/t18-/m0/s1. The predicted octanol–water partition coefficient (Wildman–Crippen LogP) is 2.10. The molecule has 0 aliphatic carbocycles. The van der Waals surface area contributed by atoms with E-state index in [1.807, 2.05) is 60.7 Å². The molecule has 2 rings (SSSR count). The molecule has 1 atom stereocenters. The Kier molecular flexibility index (Phi) is 6.16. The smallest absolute Gasteiger partial charge is 0.320 e. The van der Waals surface area contributed by atoms with Crippen molar-refractivity contribution in [3.05, 3.63) is 60.7 Å². The number of carboxylic acid groups (broad SMARTS) is 1. The van der Waals surface area contributed by atoms with Crippen molar-refractivity contribution in [1.29, 1.82) is 0 Å². The lowest BCUT2D eigenvalue weighted by Crippen LogP contribution is -2.65. The first kappa shape index (κ1) is 19.4. The maximum absolute atomic E-state index is 11.9. The summed E-state index contributed by atoms with van der Waals surface area (Å²) in [6.45, 7) is 4.15. The van der Waals surface area contributed by atoms with Crippen LogP contribution in [0.25, 0.3) is 0 Å². The largest absolute Gasteiger partial charge is 0.480 e. The van der Waals surface area contributed by atoms with Crippen LogP contribution in [0.2, 0.25) is 5.04 Å². The van der Waals surface area contributed by atoms with Gasteiger partial charge < -0.3 is 15.6 Å². The molecule has 0 radical (unpaired) electrons. The van der Waals surface area contributed by atoms with Gasteiger partial charge in [0.05, 0.1) is 0 Å². The molecule has 0 aliphatic heterocycles. The van der Waals surface area contributed by atoms with E-state index in [2.05, 4.69) is 13.8 Å². The topological polar surface area (TPSA) is 83.6 Å². The zero-order chi connectivity index (χ0) is 18.5. The second-order valence-corrected chi connectivity index (χ2v) is 11.1. The molecule has 4 N–H and O–H groups in total. The van der Waals surface area contributed by atoms with Gasteiger partial charge in [-0.15, -0.1) is 0 Å². The zero-order valence-corrected chi connectivity index (χ0v) is 15.9. The molecule has 0 spiro atoms. The zero-order valence-electron chi connectivity index (χ0n) is 14.9. The number of carboxylic acids is 1. The highest BCUT2D eigenvalue weighted by molar-refractivity contribution is 6.98. The van der Waals surface area contributed by atoms with Crippen LogP contribution in [0.15, 0.2) is 60.7 Å². The second-order valence-electron chi connectivity index (χ2n) is 7.16. The number of hydrogen-bond acceptors (Lipinski definition) is 3. The molecule has 25 heavy (non-hydrogen) atoms. The van der Waals surface area contributed by atoms with E-state index < -0.39 is 20.3 Å². The maximum Gasteiger partial charge on any atom is 0.320 e. The summed E-state index contributed by atoms with van der Waals surface area (Å²) in [6, 6.07) is 18.8. The van der Waals surface area contributed by atoms with Crippen LogP contribution in [-0.4, -0.2) is 30.2 Å². The molecular weight excluding hydrogens is 330 g/mol. The fraction of sp³-hybridized carbons (Fsp3) is 0.350. The van der Waals surface area contributed by atoms with Crippen LogP contribution < -0.4 is 16.1 Å². The van der Waals surface area contributed by atoms with Gasteiger partial charge in [-0.1, -0.05) is 80.9 Å². The first-order valence-electron chi connectivity index (χ1n) is 8.61. The van der Waals surface area contributed by atoms with Crippen molar-refractivity contribution >= 4 is 24.7 Å². The molecule has 134 valence electrons. The molecule has 0 amide bonds. The number of aliphatic carboxylic acids is 1. The molecule has 0 aliphatic rings. The highest BCUT2D eigenvalue weighted by atomic mass is 28.4. The summed E-state index contributed by atoms with van der Waals surface area (Å²) in [5.74, 6) is -0.976. The van der Waals surface area contributed by atoms with Crippen LogP contribution in [0.3, 0.4) is 0 Å². The quantitative estimate of drug-likeness (QED) is 0.632. The van der Waals surface area contributed by atoms with Gasteiger partial charge in [0.15, 0.2) is 0 Å². The summed E-state index contributed by atoms with van der Waals surface area (Å²) in [5, 5.41) is 10.5. The van der Waals surface area contributed by atoms with Gasteiger partial charge in [0.25, 0.3) is 8.32 Å². The second kappa shape index (κ2) is 7.95. The van der Waals surface area contributed by atoms with Crippen LogP contribution >= 0.6 is 0 Å². The van der Waals surface area contributed by atoms with Crippen molar-refractivity contribution in [1.82, 2.24) is 0 Å². The van der Waals surface area contributed by atoms with Crippen molar-refractivity contribution in [3.63, 3.8) is 0 Å². The lowest BCUT2D eigenvalue weighted by atomic mass is 10.0. The van der Waals surface area contributed by atoms with Crippen molar-refractivity contribution in [2.45, 2.75) is 44.2 Å². The number of nitrogens with two attached hydrogens (primary N) is 1. The molecule has 0 saturated carbocycles.